The lowest BCUT2D eigenvalue weighted by molar-refractivity contribution is -0.148. The molecule has 1 heterocycles. The van der Waals surface area contributed by atoms with Crippen LogP contribution in [0.4, 0.5) is 0 Å². The number of carbonyl (C=O) groups is 2. The lowest BCUT2D eigenvalue weighted by Gasteiger charge is -2.56. The third-order valence-electron chi connectivity index (χ3n) is 9.96. The van der Waals surface area contributed by atoms with Crippen LogP contribution in [-0.2, 0) is 14.3 Å². The monoisotopic (exact) mass is 457 g/mol. The van der Waals surface area contributed by atoms with E-state index in [1.165, 1.54) is 17.9 Å². The Bertz CT molecular complexity index is 1230. The fourth-order valence-electron chi connectivity index (χ4n) is 8.13. The van der Waals surface area contributed by atoms with Crippen molar-refractivity contribution in [3.63, 3.8) is 0 Å². The van der Waals surface area contributed by atoms with E-state index in [2.05, 4.69) is 67.2 Å². The highest BCUT2D eigenvalue weighted by Crippen LogP contribution is 2.64. The van der Waals surface area contributed by atoms with E-state index >= 15 is 0 Å². The van der Waals surface area contributed by atoms with E-state index in [9.17, 15) is 9.59 Å². The van der Waals surface area contributed by atoms with Crippen LogP contribution >= 0.6 is 0 Å². The van der Waals surface area contributed by atoms with Gasteiger partial charge >= 0.3 is 5.97 Å². The number of carbonyl (C=O) groups excluding carboxylic acids is 2. The minimum absolute atomic E-state index is 0.0289. The Hall–Kier alpha value is -2.62. The topological polar surface area (TPSA) is 48.3 Å². The number of hydrogen-bond acceptors (Lipinski definition) is 3. The summed E-state index contributed by atoms with van der Waals surface area (Å²) in [6.45, 7) is 6.20. The Balaban J connectivity index is 1.30. The largest absolute Gasteiger partial charge is 0.462 e. The molecule has 178 valence electrons. The number of nitrogens with zero attached hydrogens (tertiary/aromatic N) is 1. The summed E-state index contributed by atoms with van der Waals surface area (Å²) >= 11 is 0. The average Bonchev–Trinajstić information content (AvgIpc) is 3.33. The Morgan fingerprint density at radius 1 is 1.06 bits per heavy atom. The third-order valence-corrected chi connectivity index (χ3v) is 9.96. The summed E-state index contributed by atoms with van der Waals surface area (Å²) in [5.41, 5.74) is 3.57. The first-order valence-electron chi connectivity index (χ1n) is 13.0. The zero-order chi connectivity index (χ0) is 23.7. The van der Waals surface area contributed by atoms with E-state index in [1.54, 1.807) is 0 Å². The van der Waals surface area contributed by atoms with Gasteiger partial charge in [-0.1, -0.05) is 43.7 Å². The minimum atomic E-state index is -0.243. The molecule has 0 saturated heterocycles. The molecular formula is C30H35NO3. The quantitative estimate of drug-likeness (QED) is 0.292. The van der Waals surface area contributed by atoms with Gasteiger partial charge in [0.1, 0.15) is 6.10 Å². The summed E-state index contributed by atoms with van der Waals surface area (Å²) < 4.78 is 7.72. The summed E-state index contributed by atoms with van der Waals surface area (Å²) in [4.78, 5) is 25.3. The van der Waals surface area contributed by atoms with Crippen molar-refractivity contribution < 1.29 is 14.3 Å². The van der Waals surface area contributed by atoms with Crippen molar-refractivity contribution in [1.29, 1.82) is 0 Å². The standard InChI is InChI=1S/C30H35NO3/c1-19(32)34-23-10-13-29(2)22(17-23)8-9-24-25(29)11-14-30(3)26(24)16-21(28(30)33)18-31-15-12-20-6-4-5-7-27(20)31/h4-8,12,15,18,23-26H,9-11,13-14,16-17H2,1-3H3/b21-18+/t23-,24+,25-,26-,29-,30-/m0/s1. The molecule has 3 saturated carbocycles. The van der Waals surface area contributed by atoms with Crippen LogP contribution in [0, 0.1) is 28.6 Å². The maximum Gasteiger partial charge on any atom is 0.302 e. The molecule has 0 N–H and O–H groups in total. The van der Waals surface area contributed by atoms with E-state index in [4.69, 9.17) is 4.74 Å². The number of aromatic nitrogens is 1. The van der Waals surface area contributed by atoms with Gasteiger partial charge < -0.3 is 9.30 Å². The van der Waals surface area contributed by atoms with Crippen LogP contribution in [0.1, 0.15) is 65.7 Å². The van der Waals surface area contributed by atoms with Crippen LogP contribution < -0.4 is 0 Å². The van der Waals surface area contributed by atoms with E-state index in [0.29, 0.717) is 23.5 Å². The second-order valence-electron chi connectivity index (χ2n) is 11.7. The molecule has 6 rings (SSSR count). The smallest absolute Gasteiger partial charge is 0.302 e. The van der Waals surface area contributed by atoms with Gasteiger partial charge in [0.2, 0.25) is 0 Å². The zero-order valence-corrected chi connectivity index (χ0v) is 20.5. The molecule has 2 aromatic rings. The molecule has 6 atom stereocenters. The molecule has 4 nitrogen and oxygen atoms in total. The molecule has 4 aliphatic rings. The predicted octanol–water partition coefficient (Wildman–Crippen LogP) is 6.56. The highest BCUT2D eigenvalue weighted by atomic mass is 16.5. The molecule has 0 radical (unpaired) electrons. The van der Waals surface area contributed by atoms with Crippen LogP contribution in [0.15, 0.2) is 53.8 Å². The lowest BCUT2D eigenvalue weighted by atomic mass is 9.48. The molecule has 3 fully saturated rings. The van der Waals surface area contributed by atoms with Gasteiger partial charge in [0, 0.05) is 36.7 Å². The van der Waals surface area contributed by atoms with E-state index in [0.717, 1.165) is 56.0 Å². The van der Waals surface area contributed by atoms with Crippen molar-refractivity contribution in [2.24, 2.45) is 28.6 Å². The molecule has 0 amide bonds. The van der Waals surface area contributed by atoms with Crippen molar-refractivity contribution in [3.8, 4) is 0 Å². The number of hydrogen-bond donors (Lipinski definition) is 0. The number of ketones is 1. The van der Waals surface area contributed by atoms with Gasteiger partial charge in [0.25, 0.3) is 0 Å². The first-order chi connectivity index (χ1) is 16.3. The summed E-state index contributed by atoms with van der Waals surface area (Å²) in [6, 6.07) is 10.5. The number of benzene rings is 1. The van der Waals surface area contributed by atoms with Gasteiger partial charge in [0.05, 0.1) is 5.52 Å². The highest BCUT2D eigenvalue weighted by Gasteiger charge is 2.60. The fourth-order valence-corrected chi connectivity index (χ4v) is 8.13. The third kappa shape index (κ3) is 3.17. The SMILES string of the molecule is CC(=O)O[C@H]1CC[C@@]2(C)C(=CC[C@@H]3[C@@H]2CC[C@]2(C)C(=O)/C(=C/n4ccc5ccccc54)C[C@@H]32)C1. The molecule has 4 heteroatoms. The first kappa shape index (κ1) is 21.9. The van der Waals surface area contributed by atoms with Gasteiger partial charge in [-0.3, -0.25) is 9.59 Å². The molecule has 0 aliphatic heterocycles. The second-order valence-corrected chi connectivity index (χ2v) is 11.7. The summed E-state index contributed by atoms with van der Waals surface area (Å²) in [5, 5.41) is 1.20. The highest BCUT2D eigenvalue weighted by molar-refractivity contribution is 6.05. The maximum absolute atomic E-state index is 13.8. The summed E-state index contributed by atoms with van der Waals surface area (Å²) in [6.07, 6.45) is 13.6. The Morgan fingerprint density at radius 3 is 2.68 bits per heavy atom. The number of esters is 1. The molecule has 0 unspecified atom stereocenters. The zero-order valence-electron chi connectivity index (χ0n) is 20.5. The number of rotatable bonds is 2. The number of fused-ring (bicyclic) bond motifs is 6. The number of ether oxygens (including phenoxy) is 1. The van der Waals surface area contributed by atoms with Crippen LogP contribution in [0.25, 0.3) is 17.1 Å². The molecule has 34 heavy (non-hydrogen) atoms. The fraction of sp³-hybridized carbons (Fsp3) is 0.533. The Morgan fingerprint density at radius 2 is 1.85 bits per heavy atom. The first-order valence-corrected chi connectivity index (χ1v) is 13.0. The van der Waals surface area contributed by atoms with Crippen molar-refractivity contribution in [1.82, 2.24) is 4.57 Å². The van der Waals surface area contributed by atoms with Gasteiger partial charge in [0.15, 0.2) is 5.78 Å². The van der Waals surface area contributed by atoms with Gasteiger partial charge in [-0.15, -0.1) is 0 Å². The van der Waals surface area contributed by atoms with Gasteiger partial charge in [-0.25, -0.2) is 0 Å². The van der Waals surface area contributed by atoms with Crippen molar-refractivity contribution in [3.05, 3.63) is 53.8 Å². The molecule has 0 bridgehead atoms. The number of para-hydroxylation sites is 1. The van der Waals surface area contributed by atoms with Crippen molar-refractivity contribution >= 4 is 28.9 Å². The second kappa shape index (κ2) is 7.69. The lowest BCUT2D eigenvalue weighted by Crippen LogP contribution is -2.50. The maximum atomic E-state index is 13.8. The van der Waals surface area contributed by atoms with E-state index < -0.39 is 0 Å². The molecule has 0 spiro atoms. The normalized spacial score (nSPS) is 38.3. The molecule has 4 aliphatic carbocycles. The Kier molecular flexibility index (Phi) is 4.95. The van der Waals surface area contributed by atoms with Crippen LogP contribution in [-0.4, -0.2) is 22.4 Å². The number of Topliss-reactive ketones (excluding diaryl/α,β-unsaturated/α-hetero) is 1. The molecule has 1 aromatic heterocycles. The van der Waals surface area contributed by atoms with Crippen LogP contribution in [0.2, 0.25) is 0 Å². The predicted molar refractivity (Wildman–Crippen MR) is 134 cm³/mol. The van der Waals surface area contributed by atoms with Crippen LogP contribution in [0.5, 0.6) is 0 Å². The van der Waals surface area contributed by atoms with E-state index in [-0.39, 0.29) is 22.9 Å². The summed E-state index contributed by atoms with van der Waals surface area (Å²) in [7, 11) is 0. The number of allylic oxidation sites excluding steroid dienone is 2. The van der Waals surface area contributed by atoms with Gasteiger partial charge in [-0.2, -0.15) is 0 Å². The Labute approximate surface area is 202 Å². The van der Waals surface area contributed by atoms with Crippen molar-refractivity contribution in [2.75, 3.05) is 0 Å². The molecule has 1 aromatic carbocycles. The van der Waals surface area contributed by atoms with E-state index in [1.807, 2.05) is 0 Å². The molecular weight excluding hydrogens is 422 g/mol. The minimum Gasteiger partial charge on any atom is -0.462 e. The van der Waals surface area contributed by atoms with Crippen LogP contribution in [0.3, 0.4) is 0 Å². The van der Waals surface area contributed by atoms with Crippen molar-refractivity contribution in [2.45, 2.75) is 71.8 Å². The van der Waals surface area contributed by atoms with Gasteiger partial charge in [-0.05, 0) is 79.2 Å². The average molecular weight is 458 g/mol. The summed E-state index contributed by atoms with van der Waals surface area (Å²) in [5.74, 6) is 1.77.